The van der Waals surface area contributed by atoms with E-state index in [1.165, 1.54) is 24.0 Å². The molecular weight excluding hydrogens is 656 g/mol. The van der Waals surface area contributed by atoms with Crippen LogP contribution < -0.4 is 0 Å². The quantitative estimate of drug-likeness (QED) is 0.257. The number of hydrogen-bond acceptors (Lipinski definition) is 4. The summed E-state index contributed by atoms with van der Waals surface area (Å²) in [6.07, 6.45) is 11.2. The van der Waals surface area contributed by atoms with Gasteiger partial charge in [0.05, 0.1) is 11.8 Å². The molecule has 5 aliphatic carbocycles. The van der Waals surface area contributed by atoms with Crippen molar-refractivity contribution >= 4 is 29.3 Å². The standard InChI is InChI=1S/C45H65ClO5/c1-27(2)37-32(47)25-45(22-17-28(3)29-11-13-30(46)14-12-29)24-23-43(9)31(38(37)45)15-16-34-42(8)20-19-35(51-36(48)26-40(4,5)39(49)50)41(6,7)33(42)18-21-44(34,43)10/h11-14,27-28,31,33-35H,15-26H2,1-10H3,(H,49,50)/t28-,31+,33-,34+,35-,42-,43+,44+,45-/m0/s1. The van der Waals surface area contributed by atoms with Crippen molar-refractivity contribution in [1.82, 2.24) is 0 Å². The van der Waals surface area contributed by atoms with E-state index >= 15 is 0 Å². The summed E-state index contributed by atoms with van der Waals surface area (Å²) in [6.45, 7) is 22.4. The largest absolute Gasteiger partial charge is 0.481 e. The zero-order valence-corrected chi connectivity index (χ0v) is 34.0. The lowest BCUT2D eigenvalue weighted by Crippen LogP contribution is -2.65. The topological polar surface area (TPSA) is 80.7 Å². The van der Waals surface area contributed by atoms with E-state index in [9.17, 15) is 19.5 Å². The van der Waals surface area contributed by atoms with Crippen LogP contribution in [-0.2, 0) is 19.1 Å². The molecule has 51 heavy (non-hydrogen) atoms. The third kappa shape index (κ3) is 6.06. The van der Waals surface area contributed by atoms with Gasteiger partial charge in [-0.15, -0.1) is 0 Å². The SMILES string of the molecule is CC(C)C1=C2[C@H]3CC[C@@H]4[C@@]5(C)CC[C@H](OC(=O)CC(C)(C)C(=O)O)C(C)(C)[C@@H]5CC[C@@]4(C)[C@]3(C)CC[C@@]2(CC[C@H](C)c2ccc(Cl)cc2)CC1=O. The Morgan fingerprint density at radius 2 is 1.57 bits per heavy atom. The first-order valence-electron chi connectivity index (χ1n) is 20.1. The number of carboxylic acid groups (broad SMARTS) is 1. The minimum atomic E-state index is -1.15. The summed E-state index contributed by atoms with van der Waals surface area (Å²) in [7, 11) is 0. The van der Waals surface area contributed by atoms with Gasteiger partial charge in [0.15, 0.2) is 5.78 Å². The molecule has 0 aliphatic heterocycles. The first-order valence-corrected chi connectivity index (χ1v) is 20.5. The van der Waals surface area contributed by atoms with Gasteiger partial charge in [-0.1, -0.05) is 84.7 Å². The number of rotatable bonds is 9. The molecule has 5 aliphatic rings. The molecule has 0 bridgehead atoms. The van der Waals surface area contributed by atoms with Crippen LogP contribution in [0.2, 0.25) is 5.02 Å². The summed E-state index contributed by atoms with van der Waals surface area (Å²) in [5.74, 6) is 1.10. The van der Waals surface area contributed by atoms with E-state index in [2.05, 4.69) is 67.5 Å². The number of benzene rings is 1. The number of carbonyl (C=O) groups excluding carboxylic acids is 2. The molecule has 0 spiro atoms. The van der Waals surface area contributed by atoms with E-state index in [-0.39, 0.29) is 45.5 Å². The van der Waals surface area contributed by atoms with Gasteiger partial charge in [-0.05, 0) is 153 Å². The van der Waals surface area contributed by atoms with Crippen molar-refractivity contribution in [3.8, 4) is 0 Å². The molecule has 0 heterocycles. The van der Waals surface area contributed by atoms with Crippen LogP contribution in [0.15, 0.2) is 35.4 Å². The lowest BCUT2D eigenvalue weighted by Gasteiger charge is -2.72. The van der Waals surface area contributed by atoms with Gasteiger partial charge in [0.2, 0.25) is 0 Å². The van der Waals surface area contributed by atoms with Gasteiger partial charge in [-0.2, -0.15) is 0 Å². The van der Waals surface area contributed by atoms with Crippen LogP contribution in [0.5, 0.6) is 0 Å². The van der Waals surface area contributed by atoms with Crippen molar-refractivity contribution in [2.45, 2.75) is 158 Å². The fourth-order valence-electron chi connectivity index (χ4n) is 13.3. The molecule has 1 N–H and O–H groups in total. The van der Waals surface area contributed by atoms with Crippen molar-refractivity contribution in [3.05, 3.63) is 46.0 Å². The van der Waals surface area contributed by atoms with Crippen molar-refractivity contribution in [2.24, 2.45) is 56.2 Å². The van der Waals surface area contributed by atoms with Crippen molar-refractivity contribution in [1.29, 1.82) is 0 Å². The van der Waals surface area contributed by atoms with E-state index in [1.54, 1.807) is 19.4 Å². The number of ketones is 1. The maximum Gasteiger partial charge on any atom is 0.309 e. The number of carboxylic acids is 1. The maximum atomic E-state index is 14.1. The van der Waals surface area contributed by atoms with Gasteiger partial charge >= 0.3 is 11.9 Å². The Morgan fingerprint density at radius 3 is 2.20 bits per heavy atom. The molecule has 0 amide bonds. The summed E-state index contributed by atoms with van der Waals surface area (Å²) in [5, 5.41) is 10.4. The number of hydrogen-bond donors (Lipinski definition) is 1. The molecule has 0 radical (unpaired) electrons. The second-order valence-electron chi connectivity index (χ2n) is 20.2. The molecule has 282 valence electrons. The normalized spacial score (nSPS) is 38.0. The zero-order chi connectivity index (χ0) is 37.5. The number of Topliss-reactive ketones (excluding diaryl/α,β-unsaturated/α-hetero) is 1. The van der Waals surface area contributed by atoms with Gasteiger partial charge in [0.25, 0.3) is 0 Å². The Bertz CT molecular complexity index is 1590. The highest BCUT2D eigenvalue weighted by atomic mass is 35.5. The average Bonchev–Trinajstić information content (AvgIpc) is 3.34. The van der Waals surface area contributed by atoms with Crippen LogP contribution >= 0.6 is 11.6 Å². The zero-order valence-electron chi connectivity index (χ0n) is 33.2. The number of esters is 1. The van der Waals surface area contributed by atoms with Crippen molar-refractivity contribution in [2.75, 3.05) is 0 Å². The Balaban J connectivity index is 1.27. The number of allylic oxidation sites excluding steroid dienone is 2. The molecule has 5 nitrogen and oxygen atoms in total. The monoisotopic (exact) mass is 720 g/mol. The van der Waals surface area contributed by atoms with Crippen LogP contribution in [-0.4, -0.2) is 28.9 Å². The van der Waals surface area contributed by atoms with Crippen LogP contribution in [0, 0.1) is 56.2 Å². The predicted molar refractivity (Wildman–Crippen MR) is 204 cm³/mol. The fourth-order valence-corrected chi connectivity index (χ4v) is 13.5. The molecule has 1 aromatic rings. The van der Waals surface area contributed by atoms with Crippen molar-refractivity contribution in [3.63, 3.8) is 0 Å². The van der Waals surface area contributed by atoms with E-state index in [0.29, 0.717) is 35.9 Å². The van der Waals surface area contributed by atoms with Crippen molar-refractivity contribution < 1.29 is 24.2 Å². The second kappa shape index (κ2) is 13.0. The highest BCUT2D eigenvalue weighted by molar-refractivity contribution is 6.30. The Hall–Kier alpha value is -2.14. The van der Waals surface area contributed by atoms with Gasteiger partial charge in [-0.3, -0.25) is 14.4 Å². The summed E-state index contributed by atoms with van der Waals surface area (Å²) >= 11 is 6.22. The molecule has 6 heteroatoms. The smallest absolute Gasteiger partial charge is 0.309 e. The van der Waals surface area contributed by atoms with E-state index < -0.39 is 17.4 Å². The molecule has 4 fully saturated rings. The van der Waals surface area contributed by atoms with E-state index in [1.807, 2.05) is 12.1 Å². The van der Waals surface area contributed by atoms with Gasteiger partial charge in [0.1, 0.15) is 6.10 Å². The number of carbonyl (C=O) groups is 3. The minimum Gasteiger partial charge on any atom is -0.481 e. The Morgan fingerprint density at radius 1 is 0.902 bits per heavy atom. The lowest BCUT2D eigenvalue weighted by atomic mass is 9.33. The van der Waals surface area contributed by atoms with Crippen LogP contribution in [0.3, 0.4) is 0 Å². The molecule has 9 atom stereocenters. The van der Waals surface area contributed by atoms with Gasteiger partial charge in [-0.25, -0.2) is 0 Å². The number of halogens is 1. The number of fused-ring (bicyclic) bond motifs is 7. The lowest BCUT2D eigenvalue weighted by molar-refractivity contribution is -0.233. The Labute approximate surface area is 313 Å². The molecule has 1 aromatic carbocycles. The minimum absolute atomic E-state index is 0.0228. The van der Waals surface area contributed by atoms with Crippen LogP contribution in [0.1, 0.15) is 158 Å². The van der Waals surface area contributed by atoms with Crippen LogP contribution in [0.4, 0.5) is 0 Å². The summed E-state index contributed by atoms with van der Waals surface area (Å²) in [4.78, 5) is 38.9. The van der Waals surface area contributed by atoms with Gasteiger partial charge < -0.3 is 9.84 Å². The summed E-state index contributed by atoms with van der Waals surface area (Å²) < 4.78 is 6.18. The molecule has 4 saturated carbocycles. The molecule has 0 aromatic heterocycles. The first-order chi connectivity index (χ1) is 23.6. The van der Waals surface area contributed by atoms with Crippen LogP contribution in [0.25, 0.3) is 0 Å². The highest BCUT2D eigenvalue weighted by Gasteiger charge is 2.70. The summed E-state index contributed by atoms with van der Waals surface area (Å²) in [5.41, 5.74) is 3.07. The molecule has 0 unspecified atom stereocenters. The fraction of sp³-hybridized carbons (Fsp3) is 0.756. The van der Waals surface area contributed by atoms with E-state index in [4.69, 9.17) is 16.3 Å². The summed E-state index contributed by atoms with van der Waals surface area (Å²) in [6, 6.07) is 8.32. The third-order valence-electron chi connectivity index (χ3n) is 16.4. The average molecular weight is 721 g/mol. The second-order valence-corrected chi connectivity index (χ2v) is 20.6. The highest BCUT2D eigenvalue weighted by Crippen LogP contribution is 2.77. The number of aliphatic carboxylic acids is 1. The molecule has 6 rings (SSSR count). The number of ether oxygens (including phenoxy) is 1. The third-order valence-corrected chi connectivity index (χ3v) is 16.7. The van der Waals surface area contributed by atoms with Gasteiger partial charge in [0, 0.05) is 16.9 Å². The first kappa shape index (κ1) is 38.6. The molecule has 0 saturated heterocycles. The Kier molecular flexibility index (Phi) is 9.85. The predicted octanol–water partition coefficient (Wildman–Crippen LogP) is 11.6. The molecular formula is C45H65ClO5. The maximum absolute atomic E-state index is 14.1. The van der Waals surface area contributed by atoms with E-state index in [0.717, 1.165) is 56.4 Å².